The minimum atomic E-state index is 0.652. The van der Waals surface area contributed by atoms with E-state index in [-0.39, 0.29) is 0 Å². The van der Waals surface area contributed by atoms with E-state index < -0.39 is 0 Å². The highest BCUT2D eigenvalue weighted by molar-refractivity contribution is 6.22. The summed E-state index contributed by atoms with van der Waals surface area (Å²) < 4.78 is 4.70. The van der Waals surface area contributed by atoms with Crippen molar-refractivity contribution in [3.8, 4) is 34.0 Å². The average molecular weight is 713 g/mol. The van der Waals surface area contributed by atoms with E-state index in [2.05, 4.69) is 203 Å². The van der Waals surface area contributed by atoms with Crippen LogP contribution in [0, 0.1) is 0 Å². The van der Waals surface area contributed by atoms with Crippen LogP contribution in [0.15, 0.2) is 194 Å². The standard InChI is InChI=1S/C52H32N4/c1-2-13-33(14-3-1)36-16-12-17-37(31-36)50-42-20-6-9-22-45(42)53-52(54-50)56-47-24-11-8-21-43(47)49-44-32-38(28-25-35(44)27-30-48(49)56)55-46-23-10-7-19-40(46)41-29-26-34-15-4-5-18-39(34)51(41)55/h1-32H. The minimum absolute atomic E-state index is 0.652. The van der Waals surface area contributed by atoms with Gasteiger partial charge in [0, 0.05) is 43.6 Å². The molecule has 0 fully saturated rings. The molecule has 0 saturated carbocycles. The van der Waals surface area contributed by atoms with Crippen LogP contribution < -0.4 is 0 Å². The first-order valence-corrected chi connectivity index (χ1v) is 19.1. The summed E-state index contributed by atoms with van der Waals surface area (Å²) in [6.45, 7) is 0. The Hall–Kier alpha value is -7.56. The lowest BCUT2D eigenvalue weighted by molar-refractivity contribution is 1.01. The molecule has 0 aliphatic rings. The molecule has 0 atom stereocenters. The van der Waals surface area contributed by atoms with Gasteiger partial charge in [-0.15, -0.1) is 0 Å². The number of hydrogen-bond donors (Lipinski definition) is 0. The molecule has 56 heavy (non-hydrogen) atoms. The van der Waals surface area contributed by atoms with Crippen LogP contribution in [0.25, 0.3) is 110 Å². The van der Waals surface area contributed by atoms with Crippen molar-refractivity contribution >= 4 is 76.1 Å². The number of para-hydroxylation sites is 3. The third kappa shape index (κ3) is 4.53. The maximum atomic E-state index is 5.43. The molecular weight excluding hydrogens is 681 g/mol. The molecule has 12 rings (SSSR count). The maximum Gasteiger partial charge on any atom is 0.235 e. The zero-order valence-corrected chi connectivity index (χ0v) is 30.3. The summed E-state index contributed by atoms with van der Waals surface area (Å²) in [5.74, 6) is 0.652. The van der Waals surface area contributed by atoms with E-state index in [4.69, 9.17) is 9.97 Å². The monoisotopic (exact) mass is 712 g/mol. The normalized spacial score (nSPS) is 11.9. The molecule has 0 N–H and O–H groups in total. The molecule has 0 aliphatic carbocycles. The van der Waals surface area contributed by atoms with Crippen LogP contribution in [0.3, 0.4) is 0 Å². The van der Waals surface area contributed by atoms with Crippen molar-refractivity contribution in [2.24, 2.45) is 0 Å². The molecule has 0 radical (unpaired) electrons. The van der Waals surface area contributed by atoms with Gasteiger partial charge in [-0.25, -0.2) is 9.97 Å². The van der Waals surface area contributed by atoms with E-state index in [1.54, 1.807) is 0 Å². The van der Waals surface area contributed by atoms with Gasteiger partial charge >= 0.3 is 0 Å². The quantitative estimate of drug-likeness (QED) is 0.182. The van der Waals surface area contributed by atoms with Crippen molar-refractivity contribution in [1.82, 2.24) is 19.1 Å². The van der Waals surface area contributed by atoms with Crippen molar-refractivity contribution in [2.75, 3.05) is 0 Å². The van der Waals surface area contributed by atoms with Crippen LogP contribution in [-0.4, -0.2) is 19.1 Å². The van der Waals surface area contributed by atoms with Gasteiger partial charge < -0.3 is 4.57 Å². The summed E-state index contributed by atoms with van der Waals surface area (Å²) in [5.41, 5.74) is 10.9. The second kappa shape index (κ2) is 12.0. The molecular formula is C52H32N4. The Labute approximate surface area is 322 Å². The van der Waals surface area contributed by atoms with Crippen LogP contribution in [-0.2, 0) is 0 Å². The molecule has 0 spiro atoms. The van der Waals surface area contributed by atoms with E-state index >= 15 is 0 Å². The van der Waals surface area contributed by atoms with Gasteiger partial charge in [0.1, 0.15) is 0 Å². The average Bonchev–Trinajstić information content (AvgIpc) is 3.80. The van der Waals surface area contributed by atoms with Crippen molar-refractivity contribution in [3.63, 3.8) is 0 Å². The van der Waals surface area contributed by atoms with Gasteiger partial charge in [0.05, 0.1) is 33.3 Å². The van der Waals surface area contributed by atoms with Crippen molar-refractivity contribution in [1.29, 1.82) is 0 Å². The Balaban J connectivity index is 1.13. The molecule has 260 valence electrons. The molecule has 4 heteroatoms. The highest BCUT2D eigenvalue weighted by atomic mass is 15.2. The lowest BCUT2D eigenvalue weighted by atomic mass is 10.00. The molecule has 3 heterocycles. The van der Waals surface area contributed by atoms with E-state index in [0.717, 1.165) is 44.4 Å². The molecule has 0 saturated heterocycles. The predicted octanol–water partition coefficient (Wildman–Crippen LogP) is 13.5. The topological polar surface area (TPSA) is 35.6 Å². The highest BCUT2D eigenvalue weighted by Gasteiger charge is 2.20. The summed E-state index contributed by atoms with van der Waals surface area (Å²) >= 11 is 0. The third-order valence-electron chi connectivity index (χ3n) is 11.5. The fraction of sp³-hybridized carbons (Fsp3) is 0. The Bertz CT molecular complexity index is 3540. The number of benzene rings is 9. The summed E-state index contributed by atoms with van der Waals surface area (Å²) in [7, 11) is 0. The number of hydrogen-bond acceptors (Lipinski definition) is 2. The maximum absolute atomic E-state index is 5.43. The molecule has 12 aromatic rings. The third-order valence-corrected chi connectivity index (χ3v) is 11.5. The smallest absolute Gasteiger partial charge is 0.235 e. The lowest BCUT2D eigenvalue weighted by Gasteiger charge is -2.13. The summed E-state index contributed by atoms with van der Waals surface area (Å²) in [6, 6.07) is 69.6. The Morgan fingerprint density at radius 1 is 0.339 bits per heavy atom. The fourth-order valence-corrected chi connectivity index (χ4v) is 8.99. The first kappa shape index (κ1) is 30.9. The van der Waals surface area contributed by atoms with E-state index in [1.807, 2.05) is 0 Å². The zero-order chi connectivity index (χ0) is 36.7. The van der Waals surface area contributed by atoms with E-state index in [9.17, 15) is 0 Å². The number of aromatic nitrogens is 4. The second-order valence-electron chi connectivity index (χ2n) is 14.6. The Kier molecular flexibility index (Phi) is 6.60. The number of nitrogens with zero attached hydrogens (tertiary/aromatic N) is 4. The van der Waals surface area contributed by atoms with Gasteiger partial charge in [0.15, 0.2) is 0 Å². The van der Waals surface area contributed by atoms with Crippen LogP contribution >= 0.6 is 0 Å². The fourth-order valence-electron chi connectivity index (χ4n) is 8.99. The first-order valence-electron chi connectivity index (χ1n) is 19.1. The summed E-state index contributed by atoms with van der Waals surface area (Å²) in [6.07, 6.45) is 0. The van der Waals surface area contributed by atoms with Crippen LogP contribution in [0.5, 0.6) is 0 Å². The highest BCUT2D eigenvalue weighted by Crippen LogP contribution is 2.41. The summed E-state index contributed by atoms with van der Waals surface area (Å²) in [4.78, 5) is 10.7. The summed E-state index contributed by atoms with van der Waals surface area (Å²) in [5, 5.41) is 10.7. The van der Waals surface area contributed by atoms with E-state index in [0.29, 0.717) is 5.95 Å². The molecule has 0 unspecified atom stereocenters. The van der Waals surface area contributed by atoms with Gasteiger partial charge in [-0.3, -0.25) is 4.57 Å². The van der Waals surface area contributed by atoms with E-state index in [1.165, 1.54) is 59.7 Å². The van der Waals surface area contributed by atoms with Crippen LogP contribution in [0.4, 0.5) is 0 Å². The van der Waals surface area contributed by atoms with Crippen molar-refractivity contribution < 1.29 is 0 Å². The minimum Gasteiger partial charge on any atom is -0.309 e. The zero-order valence-electron chi connectivity index (χ0n) is 30.3. The molecule has 0 bridgehead atoms. The molecule has 0 aliphatic heterocycles. The second-order valence-corrected chi connectivity index (χ2v) is 14.6. The van der Waals surface area contributed by atoms with Gasteiger partial charge in [-0.1, -0.05) is 152 Å². The molecule has 4 nitrogen and oxygen atoms in total. The first-order chi connectivity index (χ1) is 27.8. The molecule has 9 aromatic carbocycles. The van der Waals surface area contributed by atoms with Gasteiger partial charge in [0.2, 0.25) is 5.95 Å². The van der Waals surface area contributed by atoms with Crippen LogP contribution in [0.1, 0.15) is 0 Å². The van der Waals surface area contributed by atoms with Gasteiger partial charge in [-0.05, 0) is 69.8 Å². The van der Waals surface area contributed by atoms with Gasteiger partial charge in [-0.2, -0.15) is 0 Å². The number of fused-ring (bicyclic) bond motifs is 11. The van der Waals surface area contributed by atoms with Crippen molar-refractivity contribution in [3.05, 3.63) is 194 Å². The number of rotatable bonds is 4. The predicted molar refractivity (Wildman–Crippen MR) is 234 cm³/mol. The molecule has 3 aromatic heterocycles. The lowest BCUT2D eigenvalue weighted by Crippen LogP contribution is -2.03. The molecule has 0 amide bonds. The SMILES string of the molecule is c1ccc(-c2cccc(-c3nc(-n4c5ccccc5c5c6cc(-n7c8ccccc8c8ccc9ccccc9c87)ccc6ccc54)nc4ccccc34)c2)cc1. The Morgan fingerprint density at radius 2 is 0.982 bits per heavy atom. The van der Waals surface area contributed by atoms with Crippen molar-refractivity contribution in [2.45, 2.75) is 0 Å². The van der Waals surface area contributed by atoms with Gasteiger partial charge in [0.25, 0.3) is 0 Å². The Morgan fingerprint density at radius 3 is 1.86 bits per heavy atom. The van der Waals surface area contributed by atoms with Crippen LogP contribution in [0.2, 0.25) is 0 Å². The largest absolute Gasteiger partial charge is 0.309 e.